The topological polar surface area (TPSA) is 61.8 Å². The average Bonchev–Trinajstić information content (AvgIpc) is 2.50. The molecule has 0 N–H and O–H groups in total. The molecular weight excluding hydrogens is 212 g/mol. The third-order valence-corrected chi connectivity index (χ3v) is 2.24. The van der Waals surface area contributed by atoms with Crippen LogP contribution in [0.15, 0.2) is 12.1 Å². The molecule has 5 heteroatoms. The SMILES string of the molecule is COc1cc(C=O)c2c(c1)C(=O)OCCO2. The second kappa shape index (κ2) is 4.22. The van der Waals surface area contributed by atoms with E-state index in [2.05, 4.69) is 0 Å². The van der Waals surface area contributed by atoms with Crippen LogP contribution in [-0.4, -0.2) is 32.6 Å². The van der Waals surface area contributed by atoms with E-state index >= 15 is 0 Å². The number of carbonyl (C=O) groups excluding carboxylic acids is 2. The van der Waals surface area contributed by atoms with Crippen molar-refractivity contribution in [3.05, 3.63) is 23.3 Å². The number of hydrogen-bond acceptors (Lipinski definition) is 5. The van der Waals surface area contributed by atoms with Gasteiger partial charge in [-0.2, -0.15) is 0 Å². The van der Waals surface area contributed by atoms with Gasteiger partial charge in [0.2, 0.25) is 0 Å². The van der Waals surface area contributed by atoms with E-state index in [1.54, 1.807) is 0 Å². The predicted octanol–water partition coefficient (Wildman–Crippen LogP) is 1.06. The zero-order chi connectivity index (χ0) is 11.5. The average molecular weight is 222 g/mol. The van der Waals surface area contributed by atoms with Crippen LogP contribution in [0.1, 0.15) is 20.7 Å². The molecule has 0 saturated heterocycles. The molecule has 5 nitrogen and oxygen atoms in total. The van der Waals surface area contributed by atoms with Gasteiger partial charge in [-0.25, -0.2) is 4.79 Å². The van der Waals surface area contributed by atoms with Crippen molar-refractivity contribution in [3.8, 4) is 11.5 Å². The monoisotopic (exact) mass is 222 g/mol. The Bertz CT molecular complexity index is 438. The fraction of sp³-hybridized carbons (Fsp3) is 0.273. The third kappa shape index (κ3) is 1.71. The lowest BCUT2D eigenvalue weighted by Crippen LogP contribution is -2.05. The maximum atomic E-state index is 11.6. The summed E-state index contributed by atoms with van der Waals surface area (Å²) in [4.78, 5) is 22.4. The second-order valence-electron chi connectivity index (χ2n) is 3.20. The van der Waals surface area contributed by atoms with Gasteiger partial charge in [-0.15, -0.1) is 0 Å². The van der Waals surface area contributed by atoms with Crippen LogP contribution >= 0.6 is 0 Å². The van der Waals surface area contributed by atoms with E-state index in [4.69, 9.17) is 14.2 Å². The van der Waals surface area contributed by atoms with E-state index in [9.17, 15) is 9.59 Å². The maximum Gasteiger partial charge on any atom is 0.342 e. The first-order chi connectivity index (χ1) is 7.76. The quantitative estimate of drug-likeness (QED) is 0.553. The first kappa shape index (κ1) is 10.5. The van der Waals surface area contributed by atoms with Gasteiger partial charge in [0, 0.05) is 0 Å². The number of ether oxygens (including phenoxy) is 3. The Morgan fingerprint density at radius 2 is 2.06 bits per heavy atom. The zero-order valence-corrected chi connectivity index (χ0v) is 8.69. The molecule has 1 heterocycles. The molecule has 1 aliphatic rings. The second-order valence-corrected chi connectivity index (χ2v) is 3.20. The zero-order valence-electron chi connectivity index (χ0n) is 8.69. The van der Waals surface area contributed by atoms with Crippen LogP contribution in [-0.2, 0) is 4.74 Å². The summed E-state index contributed by atoms with van der Waals surface area (Å²) in [5, 5.41) is 0. The Balaban J connectivity index is 2.60. The van der Waals surface area contributed by atoms with Gasteiger partial charge in [-0.3, -0.25) is 4.79 Å². The maximum absolute atomic E-state index is 11.6. The van der Waals surface area contributed by atoms with Gasteiger partial charge in [-0.05, 0) is 12.1 Å². The van der Waals surface area contributed by atoms with Crippen molar-refractivity contribution in [1.29, 1.82) is 0 Å². The summed E-state index contributed by atoms with van der Waals surface area (Å²) in [7, 11) is 1.46. The van der Waals surface area contributed by atoms with Crippen LogP contribution in [0.2, 0.25) is 0 Å². The number of fused-ring (bicyclic) bond motifs is 1. The fourth-order valence-electron chi connectivity index (χ4n) is 1.50. The Morgan fingerprint density at radius 1 is 1.31 bits per heavy atom. The smallest absolute Gasteiger partial charge is 0.342 e. The molecular formula is C11H10O5. The molecule has 0 aliphatic carbocycles. The summed E-state index contributed by atoms with van der Waals surface area (Å²) >= 11 is 0. The summed E-state index contributed by atoms with van der Waals surface area (Å²) in [6, 6.07) is 3.01. The van der Waals surface area contributed by atoms with Crippen molar-refractivity contribution in [2.75, 3.05) is 20.3 Å². The fourth-order valence-corrected chi connectivity index (χ4v) is 1.50. The molecule has 1 aromatic rings. The van der Waals surface area contributed by atoms with E-state index in [-0.39, 0.29) is 30.1 Å². The van der Waals surface area contributed by atoms with Gasteiger partial charge in [0.05, 0.1) is 12.7 Å². The van der Waals surface area contributed by atoms with Crippen LogP contribution in [0, 0.1) is 0 Å². The largest absolute Gasteiger partial charge is 0.497 e. The Morgan fingerprint density at radius 3 is 2.75 bits per heavy atom. The molecule has 84 valence electrons. The lowest BCUT2D eigenvalue weighted by atomic mass is 10.1. The lowest BCUT2D eigenvalue weighted by molar-refractivity contribution is 0.0492. The van der Waals surface area contributed by atoms with Crippen LogP contribution in [0.4, 0.5) is 0 Å². The summed E-state index contributed by atoms with van der Waals surface area (Å²) in [5.41, 5.74) is 0.507. The molecule has 2 rings (SSSR count). The highest BCUT2D eigenvalue weighted by Crippen LogP contribution is 2.30. The molecule has 0 spiro atoms. The third-order valence-electron chi connectivity index (χ3n) is 2.24. The molecule has 1 aliphatic heterocycles. The molecule has 0 atom stereocenters. The van der Waals surface area contributed by atoms with Crippen molar-refractivity contribution in [2.24, 2.45) is 0 Å². The standard InChI is InChI=1S/C11H10O5/c1-14-8-4-7(6-12)10-9(5-8)11(13)16-3-2-15-10/h4-6H,2-3H2,1H3. The molecule has 0 saturated carbocycles. The molecule has 0 amide bonds. The molecule has 0 radical (unpaired) electrons. The van der Waals surface area contributed by atoms with Crippen LogP contribution in [0.3, 0.4) is 0 Å². The van der Waals surface area contributed by atoms with E-state index < -0.39 is 5.97 Å². The van der Waals surface area contributed by atoms with Gasteiger partial charge in [0.25, 0.3) is 0 Å². The molecule has 0 bridgehead atoms. The molecule has 0 unspecified atom stereocenters. The minimum absolute atomic E-state index is 0.175. The van der Waals surface area contributed by atoms with Gasteiger partial charge in [0.1, 0.15) is 30.3 Å². The number of benzene rings is 1. The molecule has 0 aromatic heterocycles. The molecule has 16 heavy (non-hydrogen) atoms. The Kier molecular flexibility index (Phi) is 2.76. The van der Waals surface area contributed by atoms with Crippen molar-refractivity contribution in [3.63, 3.8) is 0 Å². The number of hydrogen-bond donors (Lipinski definition) is 0. The number of methoxy groups -OCH3 is 1. The molecule has 0 fully saturated rings. The summed E-state index contributed by atoms with van der Waals surface area (Å²) in [5.74, 6) is 0.177. The lowest BCUT2D eigenvalue weighted by Gasteiger charge is -2.09. The van der Waals surface area contributed by atoms with E-state index in [0.717, 1.165) is 0 Å². The minimum atomic E-state index is -0.505. The van der Waals surface area contributed by atoms with Crippen molar-refractivity contribution < 1.29 is 23.8 Å². The number of cyclic esters (lactones) is 1. The highest BCUT2D eigenvalue weighted by atomic mass is 16.6. The number of rotatable bonds is 2. The first-order valence-electron chi connectivity index (χ1n) is 4.73. The van der Waals surface area contributed by atoms with Gasteiger partial charge >= 0.3 is 5.97 Å². The summed E-state index contributed by atoms with van der Waals surface area (Å²) < 4.78 is 15.2. The number of carbonyl (C=O) groups is 2. The summed E-state index contributed by atoms with van der Waals surface area (Å²) in [6.45, 7) is 0.417. The van der Waals surface area contributed by atoms with Crippen molar-refractivity contribution in [1.82, 2.24) is 0 Å². The van der Waals surface area contributed by atoms with E-state index in [1.165, 1.54) is 19.2 Å². The Hall–Kier alpha value is -2.04. The highest BCUT2D eigenvalue weighted by molar-refractivity contribution is 5.97. The van der Waals surface area contributed by atoms with Crippen molar-refractivity contribution in [2.45, 2.75) is 0 Å². The minimum Gasteiger partial charge on any atom is -0.497 e. The normalized spacial score (nSPS) is 14.2. The number of esters is 1. The Labute approximate surface area is 91.9 Å². The van der Waals surface area contributed by atoms with Gasteiger partial charge < -0.3 is 14.2 Å². The van der Waals surface area contributed by atoms with E-state index in [1.807, 2.05) is 0 Å². The predicted molar refractivity (Wildman–Crippen MR) is 54.2 cm³/mol. The van der Waals surface area contributed by atoms with Gasteiger partial charge in [-0.1, -0.05) is 0 Å². The van der Waals surface area contributed by atoms with Crippen LogP contribution < -0.4 is 9.47 Å². The van der Waals surface area contributed by atoms with Gasteiger partial charge in [0.15, 0.2) is 6.29 Å². The van der Waals surface area contributed by atoms with E-state index in [0.29, 0.717) is 12.0 Å². The molecule has 1 aromatic carbocycles. The first-order valence-corrected chi connectivity index (χ1v) is 4.73. The van der Waals surface area contributed by atoms with Crippen molar-refractivity contribution >= 4 is 12.3 Å². The summed E-state index contributed by atoms with van der Waals surface area (Å²) in [6.07, 6.45) is 0.625. The van der Waals surface area contributed by atoms with Crippen LogP contribution in [0.5, 0.6) is 11.5 Å². The van der Waals surface area contributed by atoms with Crippen LogP contribution in [0.25, 0.3) is 0 Å². The highest BCUT2D eigenvalue weighted by Gasteiger charge is 2.22. The number of aldehydes is 1.